The Morgan fingerprint density at radius 2 is 2.00 bits per heavy atom. The predicted molar refractivity (Wildman–Crippen MR) is 61.4 cm³/mol. The molecule has 1 radical (unpaired) electrons. The molecule has 1 aromatic rings. The molecular weight excluding hydrogens is 243 g/mol. The first-order chi connectivity index (χ1) is 8.55. The number of ether oxygens (including phenoxy) is 1. The van der Waals surface area contributed by atoms with Crippen molar-refractivity contribution in [3.8, 4) is 5.75 Å². The van der Waals surface area contributed by atoms with E-state index in [9.17, 15) is 13.2 Å². The Labute approximate surface area is 104 Å². The summed E-state index contributed by atoms with van der Waals surface area (Å²) in [6, 6.07) is 5.89. The summed E-state index contributed by atoms with van der Waals surface area (Å²) < 4.78 is 42.7. The number of likely N-dealkylation sites (tertiary alicyclic amines) is 1. The van der Waals surface area contributed by atoms with Gasteiger partial charge >= 0.3 is 6.18 Å². The summed E-state index contributed by atoms with van der Waals surface area (Å²) in [5, 5.41) is 0. The lowest BCUT2D eigenvalue weighted by molar-refractivity contribution is -0.137. The van der Waals surface area contributed by atoms with Crippen molar-refractivity contribution in [1.82, 2.24) is 4.90 Å². The molecule has 1 aliphatic heterocycles. The van der Waals surface area contributed by atoms with E-state index < -0.39 is 11.7 Å². The number of hydrogen-bond donors (Lipinski definition) is 0. The Morgan fingerprint density at radius 1 is 1.28 bits per heavy atom. The number of hydrogen-bond acceptors (Lipinski definition) is 2. The van der Waals surface area contributed by atoms with Crippen LogP contribution in [-0.2, 0) is 6.18 Å². The lowest BCUT2D eigenvalue weighted by Gasteiger charge is -2.15. The Hall–Kier alpha value is -1.23. The van der Waals surface area contributed by atoms with Gasteiger partial charge in [0.05, 0.1) is 5.56 Å². The van der Waals surface area contributed by atoms with Crippen molar-refractivity contribution in [2.75, 3.05) is 26.2 Å². The minimum Gasteiger partial charge on any atom is -0.492 e. The highest BCUT2D eigenvalue weighted by Gasteiger charge is 2.30. The quantitative estimate of drug-likeness (QED) is 0.823. The van der Waals surface area contributed by atoms with E-state index in [4.69, 9.17) is 4.74 Å². The third kappa shape index (κ3) is 3.63. The average Bonchev–Trinajstić information content (AvgIpc) is 2.81. The van der Waals surface area contributed by atoms with Gasteiger partial charge < -0.3 is 4.74 Å². The van der Waals surface area contributed by atoms with Crippen LogP contribution in [0.5, 0.6) is 5.75 Å². The van der Waals surface area contributed by atoms with Crippen molar-refractivity contribution in [1.29, 1.82) is 0 Å². The lowest BCUT2D eigenvalue weighted by Crippen LogP contribution is -2.25. The Bertz CT molecular complexity index is 386. The molecule has 2 nitrogen and oxygen atoms in total. The van der Waals surface area contributed by atoms with Crippen LogP contribution in [0.3, 0.4) is 0 Å². The van der Waals surface area contributed by atoms with Crippen molar-refractivity contribution >= 4 is 0 Å². The third-order valence-corrected chi connectivity index (χ3v) is 2.97. The number of halogens is 3. The van der Waals surface area contributed by atoms with Crippen molar-refractivity contribution in [2.45, 2.75) is 19.0 Å². The summed E-state index contributed by atoms with van der Waals surface area (Å²) in [5.74, 6) is 0.157. The average molecular weight is 258 g/mol. The lowest BCUT2D eigenvalue weighted by atomic mass is 10.2. The molecule has 5 heteroatoms. The molecule has 0 spiro atoms. The summed E-state index contributed by atoms with van der Waals surface area (Å²) >= 11 is 0. The highest BCUT2D eigenvalue weighted by Crippen LogP contribution is 2.31. The van der Waals surface area contributed by atoms with Crippen LogP contribution in [0, 0.1) is 6.07 Å². The maximum atomic E-state index is 12.5. The molecule has 2 rings (SSSR count). The van der Waals surface area contributed by atoms with Crippen molar-refractivity contribution in [3.63, 3.8) is 0 Å². The van der Waals surface area contributed by atoms with Crippen LogP contribution >= 0.6 is 0 Å². The number of nitrogens with zero attached hydrogens (tertiary/aromatic N) is 1. The fourth-order valence-electron chi connectivity index (χ4n) is 2.00. The Kier molecular flexibility index (Phi) is 4.11. The van der Waals surface area contributed by atoms with E-state index in [0.29, 0.717) is 6.61 Å². The summed E-state index contributed by atoms with van der Waals surface area (Å²) in [7, 11) is 0. The van der Waals surface area contributed by atoms with Crippen LogP contribution in [0.4, 0.5) is 13.2 Å². The first-order valence-electron chi connectivity index (χ1n) is 6.00. The topological polar surface area (TPSA) is 12.5 Å². The molecular formula is C13H15F3NO. The van der Waals surface area contributed by atoms with E-state index >= 15 is 0 Å². The highest BCUT2D eigenvalue weighted by atomic mass is 19.4. The van der Waals surface area contributed by atoms with Gasteiger partial charge in [0, 0.05) is 12.6 Å². The second kappa shape index (κ2) is 5.61. The molecule has 1 fully saturated rings. The molecule has 0 unspecified atom stereocenters. The fourth-order valence-corrected chi connectivity index (χ4v) is 2.00. The van der Waals surface area contributed by atoms with Gasteiger partial charge in [0.2, 0.25) is 0 Å². The minimum absolute atomic E-state index is 0.157. The molecule has 1 aromatic carbocycles. The van der Waals surface area contributed by atoms with Crippen molar-refractivity contribution in [2.24, 2.45) is 0 Å². The number of rotatable bonds is 4. The Balaban J connectivity index is 1.85. The number of alkyl halides is 3. The van der Waals surface area contributed by atoms with Crippen LogP contribution in [0.15, 0.2) is 18.2 Å². The van der Waals surface area contributed by atoms with Gasteiger partial charge in [0.1, 0.15) is 12.4 Å². The molecule has 0 saturated carbocycles. The van der Waals surface area contributed by atoms with Crippen LogP contribution in [0.2, 0.25) is 0 Å². The van der Waals surface area contributed by atoms with Gasteiger partial charge in [0.25, 0.3) is 0 Å². The van der Waals surface area contributed by atoms with Crippen LogP contribution in [0.25, 0.3) is 0 Å². The predicted octanol–water partition coefficient (Wildman–Crippen LogP) is 2.98. The zero-order valence-corrected chi connectivity index (χ0v) is 9.96. The first-order valence-corrected chi connectivity index (χ1v) is 6.00. The molecule has 1 heterocycles. The maximum Gasteiger partial charge on any atom is 0.416 e. The standard InChI is InChI=1S/C13H15F3NO/c14-13(15,16)11-4-3-5-12(10-11)18-9-8-17-6-1-2-7-17/h3-4,10H,1-2,6-9H2. The highest BCUT2D eigenvalue weighted by molar-refractivity contribution is 5.29. The fraction of sp³-hybridized carbons (Fsp3) is 0.538. The number of benzene rings is 1. The largest absolute Gasteiger partial charge is 0.492 e. The van der Waals surface area contributed by atoms with Crippen LogP contribution < -0.4 is 4.74 Å². The van der Waals surface area contributed by atoms with Gasteiger partial charge in [-0.15, -0.1) is 0 Å². The first kappa shape index (κ1) is 13.2. The molecule has 0 amide bonds. The maximum absolute atomic E-state index is 12.5. The third-order valence-electron chi connectivity index (χ3n) is 2.97. The zero-order chi connectivity index (χ0) is 13.0. The van der Waals surface area contributed by atoms with Crippen molar-refractivity contribution in [3.05, 3.63) is 29.8 Å². The minimum atomic E-state index is -4.33. The molecule has 18 heavy (non-hydrogen) atoms. The monoisotopic (exact) mass is 258 g/mol. The molecule has 1 aliphatic rings. The summed E-state index contributed by atoms with van der Waals surface area (Å²) in [6.07, 6.45) is -1.95. The molecule has 99 valence electrons. The molecule has 0 atom stereocenters. The van der Waals surface area contributed by atoms with E-state index in [-0.39, 0.29) is 5.75 Å². The molecule has 0 aliphatic carbocycles. The van der Waals surface area contributed by atoms with Gasteiger partial charge in [-0.05, 0) is 44.1 Å². The second-order valence-corrected chi connectivity index (χ2v) is 4.34. The second-order valence-electron chi connectivity index (χ2n) is 4.34. The summed E-state index contributed by atoms with van der Waals surface area (Å²) in [5.41, 5.74) is -0.697. The smallest absolute Gasteiger partial charge is 0.416 e. The normalized spacial score (nSPS) is 17.1. The summed E-state index contributed by atoms with van der Waals surface area (Å²) in [6.45, 7) is 3.26. The van der Waals surface area contributed by atoms with Crippen molar-refractivity contribution < 1.29 is 17.9 Å². The van der Waals surface area contributed by atoms with Gasteiger partial charge in [-0.2, -0.15) is 13.2 Å². The SMILES string of the molecule is FC(F)(F)c1cc[c]c(OCCN2CCCC2)c1. The van der Waals surface area contributed by atoms with Crippen LogP contribution in [-0.4, -0.2) is 31.1 Å². The van der Waals surface area contributed by atoms with Gasteiger partial charge in [-0.25, -0.2) is 0 Å². The van der Waals surface area contributed by atoms with Gasteiger partial charge in [0.15, 0.2) is 0 Å². The van der Waals surface area contributed by atoms with E-state index in [2.05, 4.69) is 11.0 Å². The molecule has 0 aromatic heterocycles. The summed E-state index contributed by atoms with van der Waals surface area (Å²) in [4.78, 5) is 2.24. The van der Waals surface area contributed by atoms with Gasteiger partial charge in [-0.3, -0.25) is 4.90 Å². The van der Waals surface area contributed by atoms with E-state index in [1.165, 1.54) is 18.9 Å². The van der Waals surface area contributed by atoms with Gasteiger partial charge in [-0.1, -0.05) is 0 Å². The van der Waals surface area contributed by atoms with E-state index in [0.717, 1.165) is 31.8 Å². The Morgan fingerprint density at radius 3 is 2.67 bits per heavy atom. The van der Waals surface area contributed by atoms with E-state index in [1.807, 2.05) is 0 Å². The molecule has 1 saturated heterocycles. The molecule has 0 N–H and O–H groups in total. The van der Waals surface area contributed by atoms with E-state index in [1.54, 1.807) is 0 Å². The van der Waals surface area contributed by atoms with Crippen LogP contribution in [0.1, 0.15) is 18.4 Å². The molecule has 0 bridgehead atoms. The zero-order valence-electron chi connectivity index (χ0n) is 9.96.